The molecule has 18 heavy (non-hydrogen) atoms. The van der Waals surface area contributed by atoms with Crippen molar-refractivity contribution < 1.29 is 27.5 Å². The van der Waals surface area contributed by atoms with E-state index in [0.29, 0.717) is 6.54 Å². The third-order valence-corrected chi connectivity index (χ3v) is 2.51. The number of hydrogen-bond donors (Lipinski definition) is 1. The topological polar surface area (TPSA) is 58.6 Å². The Morgan fingerprint density at radius 3 is 2.78 bits per heavy atom. The van der Waals surface area contributed by atoms with Gasteiger partial charge in [0.05, 0.1) is 12.5 Å². The lowest BCUT2D eigenvalue weighted by atomic mass is 10.2. The fourth-order valence-electron chi connectivity index (χ4n) is 1.45. The van der Waals surface area contributed by atoms with Crippen molar-refractivity contribution in [3.63, 3.8) is 0 Å². The standard InChI is InChI=1S/C10H15F3N2O3/c1-15-5-7(18-6-9(15)17)4-14-8(16)2-3-10(11,12)13/h7H,2-6H2,1H3,(H,14,16)/t7-/m1/s1. The van der Waals surface area contributed by atoms with Crippen LogP contribution in [0.1, 0.15) is 12.8 Å². The van der Waals surface area contributed by atoms with Crippen LogP contribution in [0.25, 0.3) is 0 Å². The Morgan fingerprint density at radius 1 is 1.56 bits per heavy atom. The molecule has 0 saturated carbocycles. The maximum absolute atomic E-state index is 11.9. The number of nitrogens with one attached hydrogen (secondary N) is 1. The molecule has 1 atom stereocenters. The van der Waals surface area contributed by atoms with E-state index >= 15 is 0 Å². The van der Waals surface area contributed by atoms with Crippen LogP contribution in [0.4, 0.5) is 13.2 Å². The second-order valence-corrected chi connectivity index (χ2v) is 4.13. The van der Waals surface area contributed by atoms with Crippen LogP contribution in [0.2, 0.25) is 0 Å². The molecule has 1 fully saturated rings. The Bertz CT molecular complexity index is 320. The Hall–Kier alpha value is -1.31. The van der Waals surface area contributed by atoms with Gasteiger partial charge in [-0.1, -0.05) is 0 Å². The molecule has 0 spiro atoms. The molecule has 1 heterocycles. The summed E-state index contributed by atoms with van der Waals surface area (Å²) in [6.45, 7) is 0.353. The highest BCUT2D eigenvalue weighted by Crippen LogP contribution is 2.20. The zero-order valence-corrected chi connectivity index (χ0v) is 9.92. The van der Waals surface area contributed by atoms with E-state index < -0.39 is 24.9 Å². The van der Waals surface area contributed by atoms with Crippen molar-refractivity contribution in [3.05, 3.63) is 0 Å². The Labute approximate surface area is 102 Å². The summed E-state index contributed by atoms with van der Waals surface area (Å²) < 4.78 is 40.7. The highest BCUT2D eigenvalue weighted by atomic mass is 19.4. The van der Waals surface area contributed by atoms with E-state index in [2.05, 4.69) is 5.32 Å². The third-order valence-electron chi connectivity index (χ3n) is 2.51. The van der Waals surface area contributed by atoms with E-state index in [1.54, 1.807) is 7.05 Å². The highest BCUT2D eigenvalue weighted by molar-refractivity contribution is 5.78. The third kappa shape index (κ3) is 5.35. The zero-order valence-electron chi connectivity index (χ0n) is 9.92. The van der Waals surface area contributed by atoms with E-state index in [1.165, 1.54) is 4.90 Å². The molecule has 8 heteroatoms. The van der Waals surface area contributed by atoms with Gasteiger partial charge in [0.2, 0.25) is 11.8 Å². The number of morpholine rings is 1. The van der Waals surface area contributed by atoms with E-state index in [1.807, 2.05) is 0 Å². The quantitative estimate of drug-likeness (QED) is 0.798. The first kappa shape index (κ1) is 14.7. The van der Waals surface area contributed by atoms with Crippen LogP contribution in [0, 0.1) is 0 Å². The molecule has 0 radical (unpaired) electrons. The Kier molecular flexibility index (Phi) is 4.94. The van der Waals surface area contributed by atoms with Gasteiger partial charge < -0.3 is 15.0 Å². The fraction of sp³-hybridized carbons (Fsp3) is 0.800. The second-order valence-electron chi connectivity index (χ2n) is 4.13. The SMILES string of the molecule is CN1C[C@@H](CNC(=O)CCC(F)(F)F)OCC1=O. The molecule has 1 saturated heterocycles. The monoisotopic (exact) mass is 268 g/mol. The first-order valence-electron chi connectivity index (χ1n) is 5.47. The number of alkyl halides is 3. The molecule has 1 aliphatic rings. The number of ether oxygens (including phenoxy) is 1. The normalized spacial score (nSPS) is 21.0. The lowest BCUT2D eigenvalue weighted by molar-refractivity contribution is -0.148. The minimum absolute atomic E-state index is 0.0699. The summed E-state index contributed by atoms with van der Waals surface area (Å²) in [4.78, 5) is 23.7. The van der Waals surface area contributed by atoms with Crippen molar-refractivity contribution in [2.45, 2.75) is 25.1 Å². The highest BCUT2D eigenvalue weighted by Gasteiger charge is 2.28. The minimum atomic E-state index is -4.33. The summed E-state index contributed by atoms with van der Waals surface area (Å²) in [6.07, 6.45) is -6.43. The molecular weight excluding hydrogens is 253 g/mol. The lowest BCUT2D eigenvalue weighted by Crippen LogP contribution is -2.48. The van der Waals surface area contributed by atoms with Crippen LogP contribution in [0.5, 0.6) is 0 Å². The average molecular weight is 268 g/mol. The van der Waals surface area contributed by atoms with E-state index in [4.69, 9.17) is 4.74 Å². The average Bonchev–Trinajstić information content (AvgIpc) is 2.27. The van der Waals surface area contributed by atoms with E-state index in [9.17, 15) is 22.8 Å². The van der Waals surface area contributed by atoms with Crippen LogP contribution in [-0.4, -0.2) is 55.7 Å². The van der Waals surface area contributed by atoms with Gasteiger partial charge in [0.25, 0.3) is 0 Å². The van der Waals surface area contributed by atoms with Crippen molar-refractivity contribution in [1.29, 1.82) is 0 Å². The molecule has 2 amide bonds. The van der Waals surface area contributed by atoms with Gasteiger partial charge in [-0.2, -0.15) is 13.2 Å². The van der Waals surface area contributed by atoms with E-state index in [-0.39, 0.29) is 25.2 Å². The van der Waals surface area contributed by atoms with Crippen LogP contribution >= 0.6 is 0 Å². The summed E-state index contributed by atoms with van der Waals surface area (Å²) in [5, 5.41) is 2.36. The summed E-state index contributed by atoms with van der Waals surface area (Å²) in [6, 6.07) is 0. The molecule has 0 bridgehead atoms. The molecule has 0 aromatic rings. The largest absolute Gasteiger partial charge is 0.389 e. The van der Waals surface area contributed by atoms with Crippen molar-refractivity contribution in [2.75, 3.05) is 26.7 Å². The molecular formula is C10H15F3N2O3. The molecule has 0 aromatic heterocycles. The minimum Gasteiger partial charge on any atom is -0.365 e. The number of amides is 2. The number of halogens is 3. The summed E-state index contributed by atoms with van der Waals surface area (Å²) in [7, 11) is 1.60. The molecule has 1 aliphatic heterocycles. The number of likely N-dealkylation sites (N-methyl/N-ethyl adjacent to an activating group) is 1. The summed E-state index contributed by atoms with van der Waals surface area (Å²) >= 11 is 0. The van der Waals surface area contributed by atoms with Gasteiger partial charge in [-0.15, -0.1) is 0 Å². The number of carbonyl (C=O) groups excluding carboxylic acids is 2. The lowest BCUT2D eigenvalue weighted by Gasteiger charge is -2.29. The molecule has 1 N–H and O–H groups in total. The van der Waals surface area contributed by atoms with Crippen LogP contribution in [0.15, 0.2) is 0 Å². The van der Waals surface area contributed by atoms with Gasteiger partial charge in [0.15, 0.2) is 0 Å². The maximum atomic E-state index is 11.9. The molecule has 0 unspecified atom stereocenters. The van der Waals surface area contributed by atoms with Gasteiger partial charge in [0, 0.05) is 26.6 Å². The van der Waals surface area contributed by atoms with Crippen LogP contribution in [0.3, 0.4) is 0 Å². The molecule has 5 nitrogen and oxygen atoms in total. The van der Waals surface area contributed by atoms with Crippen LogP contribution < -0.4 is 5.32 Å². The fourth-order valence-corrected chi connectivity index (χ4v) is 1.45. The maximum Gasteiger partial charge on any atom is 0.389 e. The number of rotatable bonds is 4. The van der Waals surface area contributed by atoms with Crippen molar-refractivity contribution in [1.82, 2.24) is 10.2 Å². The van der Waals surface area contributed by atoms with Crippen molar-refractivity contribution >= 4 is 11.8 Å². The van der Waals surface area contributed by atoms with Crippen LogP contribution in [-0.2, 0) is 14.3 Å². The second kappa shape index (κ2) is 6.03. The predicted molar refractivity (Wildman–Crippen MR) is 55.7 cm³/mol. The molecule has 0 aromatic carbocycles. The van der Waals surface area contributed by atoms with Crippen molar-refractivity contribution in [3.8, 4) is 0 Å². The first-order valence-corrected chi connectivity index (χ1v) is 5.47. The molecule has 104 valence electrons. The smallest absolute Gasteiger partial charge is 0.365 e. The molecule has 1 rings (SSSR count). The van der Waals surface area contributed by atoms with Gasteiger partial charge in [-0.25, -0.2) is 0 Å². The Balaban J connectivity index is 2.21. The summed E-state index contributed by atoms with van der Waals surface area (Å²) in [5.41, 5.74) is 0. The van der Waals surface area contributed by atoms with Gasteiger partial charge in [-0.3, -0.25) is 9.59 Å². The van der Waals surface area contributed by atoms with Gasteiger partial charge in [0.1, 0.15) is 6.61 Å². The first-order chi connectivity index (χ1) is 8.28. The number of carbonyl (C=O) groups is 2. The summed E-state index contributed by atoms with van der Waals surface area (Å²) in [5.74, 6) is -0.829. The number of nitrogens with zero attached hydrogens (tertiary/aromatic N) is 1. The van der Waals surface area contributed by atoms with Gasteiger partial charge in [-0.05, 0) is 0 Å². The van der Waals surface area contributed by atoms with E-state index in [0.717, 1.165) is 0 Å². The predicted octanol–water partition coefficient (Wildman–Crippen LogP) is 0.302. The Morgan fingerprint density at radius 2 is 2.22 bits per heavy atom. The number of hydrogen-bond acceptors (Lipinski definition) is 3. The van der Waals surface area contributed by atoms with Crippen molar-refractivity contribution in [2.24, 2.45) is 0 Å². The van der Waals surface area contributed by atoms with Gasteiger partial charge >= 0.3 is 6.18 Å². The zero-order chi connectivity index (χ0) is 13.8. The molecule has 0 aliphatic carbocycles.